The van der Waals surface area contributed by atoms with Crippen molar-refractivity contribution in [3.8, 4) is 0 Å². The van der Waals surface area contributed by atoms with Crippen molar-refractivity contribution in [1.29, 1.82) is 0 Å². The Kier molecular flexibility index (Phi) is 11.6. The minimum atomic E-state index is 0.0378. The normalized spacial score (nSPS) is 11.0. The highest BCUT2D eigenvalue weighted by Crippen LogP contribution is 2.32. The highest BCUT2D eigenvalue weighted by atomic mass is 14.3. The van der Waals surface area contributed by atoms with E-state index in [9.17, 15) is 0 Å². The molecule has 0 heteroatoms. The van der Waals surface area contributed by atoms with E-state index in [0.717, 1.165) is 0 Å². The van der Waals surface area contributed by atoms with Gasteiger partial charge in [0.15, 0.2) is 0 Å². The van der Waals surface area contributed by atoms with E-state index in [-0.39, 0.29) is 5.41 Å². The van der Waals surface area contributed by atoms with Crippen LogP contribution in [0.3, 0.4) is 0 Å². The largest absolute Gasteiger partial charge is 0.0841 e. The van der Waals surface area contributed by atoms with Gasteiger partial charge in [0.25, 0.3) is 0 Å². The van der Waals surface area contributed by atoms with Gasteiger partial charge in [-0.1, -0.05) is 115 Å². The maximum Gasteiger partial charge on any atom is 0.0146 e. The number of aryl methyl sites for hydroxylation is 1. The van der Waals surface area contributed by atoms with Crippen molar-refractivity contribution < 1.29 is 0 Å². The van der Waals surface area contributed by atoms with Crippen molar-refractivity contribution in [3.63, 3.8) is 0 Å². The molecule has 144 valence electrons. The fraction of sp³-hybridized carbons (Fsp3) is 0.462. The topological polar surface area (TPSA) is 0 Å². The van der Waals surface area contributed by atoms with Gasteiger partial charge < -0.3 is 0 Å². The fourth-order valence-electron chi connectivity index (χ4n) is 2.45. The van der Waals surface area contributed by atoms with E-state index >= 15 is 0 Å². The quantitative estimate of drug-likeness (QED) is 0.519. The van der Waals surface area contributed by atoms with Gasteiger partial charge in [-0.2, -0.15) is 0 Å². The summed E-state index contributed by atoms with van der Waals surface area (Å²) in [5, 5.41) is 0. The summed E-state index contributed by atoms with van der Waals surface area (Å²) in [6.45, 7) is 19.4. The molecule has 0 aliphatic heterocycles. The van der Waals surface area contributed by atoms with Crippen molar-refractivity contribution >= 4 is 5.57 Å². The first-order valence-electron chi connectivity index (χ1n) is 10.1. The number of rotatable bonds is 3. The van der Waals surface area contributed by atoms with Gasteiger partial charge in [-0.05, 0) is 43.0 Å². The van der Waals surface area contributed by atoms with E-state index in [2.05, 4.69) is 117 Å². The van der Waals surface area contributed by atoms with Crippen LogP contribution in [-0.2, 0) is 5.41 Å². The molecule has 0 atom stereocenters. The lowest BCUT2D eigenvalue weighted by Crippen LogP contribution is -2.18. The van der Waals surface area contributed by atoms with E-state index in [1.807, 2.05) is 0 Å². The van der Waals surface area contributed by atoms with Crippen LogP contribution < -0.4 is 0 Å². The molecule has 0 bridgehead atoms. The molecule has 0 unspecified atom stereocenters. The van der Waals surface area contributed by atoms with E-state index in [1.54, 1.807) is 0 Å². The van der Waals surface area contributed by atoms with Crippen LogP contribution >= 0.6 is 0 Å². The van der Waals surface area contributed by atoms with Crippen LogP contribution in [0.2, 0.25) is 0 Å². The molecule has 0 radical (unpaired) electrons. The van der Waals surface area contributed by atoms with Crippen molar-refractivity contribution in [1.82, 2.24) is 0 Å². The molecule has 0 aromatic heterocycles. The Bertz CT molecular complexity index is 623. The molecular weight excluding hydrogens is 312 g/mol. The summed E-state index contributed by atoms with van der Waals surface area (Å²) in [5.41, 5.74) is 6.69. The van der Waals surface area contributed by atoms with E-state index < -0.39 is 0 Å². The molecule has 2 aromatic rings. The Hall–Kier alpha value is -1.82. The Morgan fingerprint density at radius 1 is 0.769 bits per heavy atom. The van der Waals surface area contributed by atoms with Crippen molar-refractivity contribution in [3.05, 3.63) is 76.9 Å². The molecular formula is C26H40. The van der Waals surface area contributed by atoms with Crippen LogP contribution in [0.1, 0.15) is 90.5 Å². The number of allylic oxidation sites excluding steroid dienone is 2. The Labute approximate surface area is 163 Å². The summed E-state index contributed by atoms with van der Waals surface area (Å²) >= 11 is 0. The van der Waals surface area contributed by atoms with Crippen molar-refractivity contribution in [2.24, 2.45) is 0 Å². The molecule has 0 nitrogen and oxygen atoms in total. The summed E-state index contributed by atoms with van der Waals surface area (Å²) < 4.78 is 0. The molecule has 0 heterocycles. The second-order valence-corrected chi connectivity index (χ2v) is 7.45. The first-order chi connectivity index (χ1) is 12.3. The Balaban J connectivity index is 0.000000918. The summed E-state index contributed by atoms with van der Waals surface area (Å²) in [6, 6.07) is 17.8. The second kappa shape index (κ2) is 12.5. The van der Waals surface area contributed by atoms with Gasteiger partial charge in [-0.25, -0.2) is 0 Å². The van der Waals surface area contributed by atoms with Crippen LogP contribution in [0.15, 0.2) is 54.6 Å². The van der Waals surface area contributed by atoms with Crippen LogP contribution in [0.5, 0.6) is 0 Å². The number of hydrogen-bond acceptors (Lipinski definition) is 0. The molecule has 0 aliphatic rings. The highest BCUT2D eigenvalue weighted by Gasteiger charge is 2.22. The minimum absolute atomic E-state index is 0.0378. The SMILES string of the molecule is CC=C(C)c1ccc(C(C)(C)c2ccc(C)cc2)cc1.CCC.CCC. The molecule has 0 fully saturated rings. The van der Waals surface area contributed by atoms with E-state index in [0.29, 0.717) is 0 Å². The molecule has 0 N–H and O–H groups in total. The summed E-state index contributed by atoms with van der Waals surface area (Å²) in [7, 11) is 0. The summed E-state index contributed by atoms with van der Waals surface area (Å²) in [6.07, 6.45) is 4.65. The van der Waals surface area contributed by atoms with E-state index in [4.69, 9.17) is 0 Å². The highest BCUT2D eigenvalue weighted by molar-refractivity contribution is 5.63. The maximum absolute atomic E-state index is 2.29. The molecule has 0 saturated carbocycles. The zero-order valence-electron chi connectivity index (χ0n) is 18.6. The molecule has 0 amide bonds. The summed E-state index contributed by atoms with van der Waals surface area (Å²) in [4.78, 5) is 0. The monoisotopic (exact) mass is 352 g/mol. The van der Waals surface area contributed by atoms with Gasteiger partial charge in [0, 0.05) is 5.41 Å². The van der Waals surface area contributed by atoms with Crippen molar-refractivity contribution in [2.45, 2.75) is 80.6 Å². The Morgan fingerprint density at radius 3 is 1.46 bits per heavy atom. The molecule has 0 saturated heterocycles. The predicted molar refractivity (Wildman–Crippen MR) is 121 cm³/mol. The van der Waals surface area contributed by atoms with Crippen LogP contribution in [-0.4, -0.2) is 0 Å². The average molecular weight is 353 g/mol. The molecule has 2 aromatic carbocycles. The van der Waals surface area contributed by atoms with Gasteiger partial charge in [0.2, 0.25) is 0 Å². The van der Waals surface area contributed by atoms with Crippen molar-refractivity contribution in [2.75, 3.05) is 0 Å². The van der Waals surface area contributed by atoms with Crippen LogP contribution in [0.4, 0.5) is 0 Å². The first kappa shape index (κ1) is 24.2. The third-order valence-electron chi connectivity index (χ3n) is 4.27. The van der Waals surface area contributed by atoms with Crippen LogP contribution in [0, 0.1) is 6.92 Å². The van der Waals surface area contributed by atoms with E-state index in [1.165, 1.54) is 40.7 Å². The minimum Gasteiger partial charge on any atom is -0.0841 e. The molecule has 0 spiro atoms. The molecule has 26 heavy (non-hydrogen) atoms. The zero-order valence-corrected chi connectivity index (χ0v) is 18.6. The fourth-order valence-corrected chi connectivity index (χ4v) is 2.45. The standard InChI is InChI=1S/C20H24.2C3H8/c1-6-16(3)17-9-13-19(14-10-17)20(4,5)18-11-7-15(2)8-12-18;2*1-3-2/h6-14H,1-5H3;2*3H2,1-2H3. The molecule has 2 rings (SSSR count). The molecule has 0 aliphatic carbocycles. The van der Waals surface area contributed by atoms with Gasteiger partial charge in [0.05, 0.1) is 0 Å². The summed E-state index contributed by atoms with van der Waals surface area (Å²) in [5.74, 6) is 0. The number of hydrogen-bond donors (Lipinski definition) is 0. The third kappa shape index (κ3) is 7.60. The Morgan fingerprint density at radius 2 is 1.12 bits per heavy atom. The van der Waals surface area contributed by atoms with Gasteiger partial charge in [-0.15, -0.1) is 0 Å². The third-order valence-corrected chi connectivity index (χ3v) is 4.27. The lowest BCUT2D eigenvalue weighted by Gasteiger charge is -2.26. The van der Waals surface area contributed by atoms with Crippen LogP contribution in [0.25, 0.3) is 5.57 Å². The van der Waals surface area contributed by atoms with Gasteiger partial charge in [-0.3, -0.25) is 0 Å². The smallest absolute Gasteiger partial charge is 0.0146 e. The van der Waals surface area contributed by atoms with Gasteiger partial charge >= 0.3 is 0 Å². The maximum atomic E-state index is 2.29. The second-order valence-electron chi connectivity index (χ2n) is 7.45. The zero-order chi connectivity index (χ0) is 20.2. The average Bonchev–Trinajstić information content (AvgIpc) is 2.63. The predicted octanol–water partition coefficient (Wildman–Crippen LogP) is 8.58. The number of benzene rings is 2. The first-order valence-corrected chi connectivity index (χ1v) is 10.1. The lowest BCUT2D eigenvalue weighted by molar-refractivity contribution is 0.640. The van der Waals surface area contributed by atoms with Gasteiger partial charge in [0.1, 0.15) is 0 Å². The lowest BCUT2D eigenvalue weighted by atomic mass is 9.77.